The van der Waals surface area contributed by atoms with Crippen molar-refractivity contribution in [3.8, 4) is 0 Å². The first-order chi connectivity index (χ1) is 11.2. The molecule has 2 N–H and O–H groups in total. The Labute approximate surface area is 135 Å². The fraction of sp³-hybridized carbons (Fsp3) is 0.412. The van der Waals surface area contributed by atoms with Crippen LogP contribution >= 0.6 is 0 Å². The minimum atomic E-state index is -0.200. The van der Waals surface area contributed by atoms with Crippen LogP contribution in [0.1, 0.15) is 30.0 Å². The van der Waals surface area contributed by atoms with E-state index in [1.54, 1.807) is 29.0 Å². The number of aryl methyl sites for hydroxylation is 2. The van der Waals surface area contributed by atoms with Crippen molar-refractivity contribution in [1.82, 2.24) is 14.7 Å². The number of carbonyl (C=O) groups excluding carboxylic acids is 1. The van der Waals surface area contributed by atoms with Gasteiger partial charge in [-0.1, -0.05) is 24.3 Å². The van der Waals surface area contributed by atoms with Crippen molar-refractivity contribution in [2.75, 3.05) is 18.5 Å². The number of fused-ring (bicyclic) bond motifs is 1. The highest BCUT2D eigenvalue weighted by Gasteiger charge is 2.29. The first kappa shape index (κ1) is 15.6. The van der Waals surface area contributed by atoms with Gasteiger partial charge in [0.05, 0.1) is 24.5 Å². The molecule has 0 saturated carbocycles. The number of benzene rings is 1. The van der Waals surface area contributed by atoms with Crippen LogP contribution in [0, 0.1) is 0 Å². The molecular formula is C17H22N4O2. The summed E-state index contributed by atoms with van der Waals surface area (Å²) >= 11 is 0. The van der Waals surface area contributed by atoms with Crippen LogP contribution in [-0.4, -0.2) is 39.0 Å². The second kappa shape index (κ2) is 6.83. The summed E-state index contributed by atoms with van der Waals surface area (Å²) in [6, 6.07) is 8.05. The quantitative estimate of drug-likeness (QED) is 0.910. The lowest BCUT2D eigenvalue weighted by Crippen LogP contribution is -2.41. The summed E-state index contributed by atoms with van der Waals surface area (Å²) in [6.45, 7) is 0.254. The molecule has 122 valence electrons. The number of hydrogen-bond donors (Lipinski definition) is 2. The fourth-order valence-corrected chi connectivity index (χ4v) is 3.24. The van der Waals surface area contributed by atoms with Gasteiger partial charge in [-0.05, 0) is 30.4 Å². The average Bonchev–Trinajstić information content (AvgIpc) is 2.97. The van der Waals surface area contributed by atoms with Crippen LogP contribution in [0.3, 0.4) is 0 Å². The van der Waals surface area contributed by atoms with Crippen LogP contribution in [0.4, 0.5) is 10.5 Å². The minimum absolute atomic E-state index is 0.00349. The fourth-order valence-electron chi connectivity index (χ4n) is 3.24. The molecule has 0 saturated heterocycles. The summed E-state index contributed by atoms with van der Waals surface area (Å²) in [5.41, 5.74) is 3.14. The normalized spacial score (nSPS) is 16.7. The maximum atomic E-state index is 12.7. The molecule has 2 aromatic rings. The van der Waals surface area contributed by atoms with E-state index in [4.69, 9.17) is 0 Å². The third kappa shape index (κ3) is 3.37. The van der Waals surface area contributed by atoms with Gasteiger partial charge >= 0.3 is 6.03 Å². The Morgan fingerprint density at radius 3 is 3.04 bits per heavy atom. The number of amides is 2. The number of aromatic nitrogens is 2. The molecular weight excluding hydrogens is 292 g/mol. The van der Waals surface area contributed by atoms with Gasteiger partial charge in [-0.25, -0.2) is 4.79 Å². The summed E-state index contributed by atoms with van der Waals surface area (Å²) in [6.07, 6.45) is 6.37. The first-order valence-electron chi connectivity index (χ1n) is 7.94. The predicted octanol–water partition coefficient (Wildman–Crippen LogP) is 2.32. The molecule has 1 aliphatic rings. The molecule has 6 nitrogen and oxygen atoms in total. The maximum Gasteiger partial charge on any atom is 0.322 e. The highest BCUT2D eigenvalue weighted by atomic mass is 16.3. The van der Waals surface area contributed by atoms with Crippen LogP contribution in [-0.2, 0) is 13.5 Å². The van der Waals surface area contributed by atoms with Gasteiger partial charge in [0.2, 0.25) is 0 Å². The van der Waals surface area contributed by atoms with Gasteiger partial charge in [-0.15, -0.1) is 0 Å². The Balaban J connectivity index is 1.82. The molecule has 1 heterocycles. The molecule has 6 heteroatoms. The van der Waals surface area contributed by atoms with E-state index in [0.717, 1.165) is 19.3 Å². The SMILES string of the molecule is Cn1cc(NC(=O)N(CCO)C2CCCc3ccccc32)cn1. The standard InChI is InChI=1S/C17H22N4O2/c1-20-12-14(11-18-20)19-17(23)21(9-10-22)16-8-4-6-13-5-2-3-7-15(13)16/h2-3,5,7,11-12,16,22H,4,6,8-10H2,1H3,(H,19,23). The molecule has 1 aromatic carbocycles. The second-order valence-electron chi connectivity index (χ2n) is 5.86. The molecule has 1 aromatic heterocycles. The Kier molecular flexibility index (Phi) is 4.62. The third-order valence-electron chi connectivity index (χ3n) is 4.27. The van der Waals surface area contributed by atoms with Crippen LogP contribution in [0.5, 0.6) is 0 Å². The number of nitrogens with zero attached hydrogens (tertiary/aromatic N) is 3. The summed E-state index contributed by atoms with van der Waals surface area (Å²) in [5, 5.41) is 16.3. The van der Waals surface area contributed by atoms with E-state index in [1.807, 2.05) is 12.1 Å². The summed E-state index contributed by atoms with van der Waals surface area (Å²) < 4.78 is 1.64. The van der Waals surface area contributed by atoms with E-state index >= 15 is 0 Å². The molecule has 3 rings (SSSR count). The van der Waals surface area contributed by atoms with Crippen LogP contribution in [0.25, 0.3) is 0 Å². The highest BCUT2D eigenvalue weighted by Crippen LogP contribution is 2.34. The zero-order chi connectivity index (χ0) is 16.2. The molecule has 0 radical (unpaired) electrons. The molecule has 2 amide bonds. The summed E-state index contributed by atoms with van der Waals surface area (Å²) in [5.74, 6) is 0. The number of urea groups is 1. The topological polar surface area (TPSA) is 70.4 Å². The lowest BCUT2D eigenvalue weighted by Gasteiger charge is -2.35. The van der Waals surface area contributed by atoms with E-state index in [2.05, 4.69) is 22.5 Å². The molecule has 0 aliphatic heterocycles. The van der Waals surface area contributed by atoms with Crippen molar-refractivity contribution >= 4 is 11.7 Å². The Bertz CT molecular complexity index is 683. The zero-order valence-corrected chi connectivity index (χ0v) is 13.3. The lowest BCUT2D eigenvalue weighted by atomic mass is 9.87. The van der Waals surface area contributed by atoms with E-state index in [-0.39, 0.29) is 18.7 Å². The third-order valence-corrected chi connectivity index (χ3v) is 4.27. The van der Waals surface area contributed by atoms with E-state index in [9.17, 15) is 9.90 Å². The minimum Gasteiger partial charge on any atom is -0.395 e. The van der Waals surface area contributed by atoms with Gasteiger partial charge in [0.1, 0.15) is 0 Å². The number of aliphatic hydroxyl groups excluding tert-OH is 1. The number of nitrogens with one attached hydrogen (secondary N) is 1. The highest BCUT2D eigenvalue weighted by molar-refractivity contribution is 5.89. The number of carbonyl (C=O) groups is 1. The van der Waals surface area contributed by atoms with Gasteiger partial charge in [0, 0.05) is 19.8 Å². The van der Waals surface area contributed by atoms with Crippen LogP contribution < -0.4 is 5.32 Å². The molecule has 23 heavy (non-hydrogen) atoms. The Morgan fingerprint density at radius 1 is 1.48 bits per heavy atom. The lowest BCUT2D eigenvalue weighted by molar-refractivity contribution is 0.155. The average molecular weight is 314 g/mol. The molecule has 1 unspecified atom stereocenters. The van der Waals surface area contributed by atoms with Crippen molar-refractivity contribution < 1.29 is 9.90 Å². The second-order valence-corrected chi connectivity index (χ2v) is 5.86. The predicted molar refractivity (Wildman–Crippen MR) is 88.1 cm³/mol. The van der Waals surface area contributed by atoms with E-state index in [0.29, 0.717) is 12.2 Å². The monoisotopic (exact) mass is 314 g/mol. The molecule has 1 aliphatic carbocycles. The van der Waals surface area contributed by atoms with Gasteiger partial charge in [0.15, 0.2) is 0 Å². The van der Waals surface area contributed by atoms with Crippen molar-refractivity contribution in [2.24, 2.45) is 7.05 Å². The van der Waals surface area contributed by atoms with Gasteiger partial charge in [-0.3, -0.25) is 4.68 Å². The Hall–Kier alpha value is -2.34. The largest absolute Gasteiger partial charge is 0.395 e. The van der Waals surface area contributed by atoms with Crippen molar-refractivity contribution in [1.29, 1.82) is 0 Å². The van der Waals surface area contributed by atoms with Gasteiger partial charge < -0.3 is 15.3 Å². The van der Waals surface area contributed by atoms with Crippen molar-refractivity contribution in [3.05, 3.63) is 47.8 Å². The van der Waals surface area contributed by atoms with Crippen LogP contribution in [0.2, 0.25) is 0 Å². The smallest absolute Gasteiger partial charge is 0.322 e. The maximum absolute atomic E-state index is 12.7. The molecule has 0 bridgehead atoms. The number of hydrogen-bond acceptors (Lipinski definition) is 3. The number of anilines is 1. The van der Waals surface area contributed by atoms with E-state index < -0.39 is 0 Å². The summed E-state index contributed by atoms with van der Waals surface area (Å²) in [4.78, 5) is 14.4. The van der Waals surface area contributed by atoms with Crippen LogP contribution in [0.15, 0.2) is 36.7 Å². The van der Waals surface area contributed by atoms with Crippen molar-refractivity contribution in [3.63, 3.8) is 0 Å². The zero-order valence-electron chi connectivity index (χ0n) is 13.3. The molecule has 0 fully saturated rings. The van der Waals surface area contributed by atoms with Gasteiger partial charge in [-0.2, -0.15) is 5.10 Å². The first-order valence-corrected chi connectivity index (χ1v) is 7.94. The Morgan fingerprint density at radius 2 is 2.30 bits per heavy atom. The number of rotatable bonds is 4. The number of aliphatic hydroxyl groups is 1. The summed E-state index contributed by atoms with van der Waals surface area (Å²) in [7, 11) is 1.80. The van der Waals surface area contributed by atoms with Crippen molar-refractivity contribution in [2.45, 2.75) is 25.3 Å². The van der Waals surface area contributed by atoms with Gasteiger partial charge in [0.25, 0.3) is 0 Å². The molecule has 1 atom stereocenters. The molecule has 0 spiro atoms. The van der Waals surface area contributed by atoms with E-state index in [1.165, 1.54) is 11.1 Å².